The lowest BCUT2D eigenvalue weighted by Gasteiger charge is -2.35. The van der Waals surface area contributed by atoms with Crippen molar-refractivity contribution in [2.45, 2.75) is 0 Å². The summed E-state index contributed by atoms with van der Waals surface area (Å²) in [6.45, 7) is 2.29. The number of nitrogens with one attached hydrogen (secondary N) is 1. The molecule has 4 rings (SSSR count). The summed E-state index contributed by atoms with van der Waals surface area (Å²) < 4.78 is 13.2. The van der Waals surface area contributed by atoms with Crippen molar-refractivity contribution in [3.63, 3.8) is 0 Å². The summed E-state index contributed by atoms with van der Waals surface area (Å²) in [5.74, 6) is 0.0955. The summed E-state index contributed by atoms with van der Waals surface area (Å²) in [6.07, 6.45) is 1.49. The molecule has 0 aliphatic carbocycles. The monoisotopic (exact) mass is 419 g/mol. The lowest BCUT2D eigenvalue weighted by atomic mass is 10.1. The fraction of sp³-hybridized carbons (Fsp3) is 0.217. The fourth-order valence-electron chi connectivity index (χ4n) is 3.44. The van der Waals surface area contributed by atoms with Crippen LogP contribution in [0.3, 0.4) is 0 Å². The number of nitrogens with zero attached hydrogens (tertiary/aromatic N) is 4. The van der Waals surface area contributed by atoms with Gasteiger partial charge in [0.2, 0.25) is 5.91 Å². The molecule has 1 fully saturated rings. The van der Waals surface area contributed by atoms with E-state index in [0.717, 1.165) is 11.4 Å². The molecule has 1 aromatic heterocycles. The van der Waals surface area contributed by atoms with Crippen LogP contribution in [0, 0.1) is 5.82 Å². The average molecular weight is 419 g/mol. The second-order valence-electron chi connectivity index (χ2n) is 7.18. The zero-order chi connectivity index (χ0) is 21.6. The van der Waals surface area contributed by atoms with Gasteiger partial charge >= 0.3 is 0 Å². The number of hydrogen-bond acceptors (Lipinski definition) is 5. The second kappa shape index (κ2) is 9.34. The summed E-state index contributed by atoms with van der Waals surface area (Å²) >= 11 is 0. The van der Waals surface area contributed by atoms with Crippen LogP contribution in [-0.2, 0) is 4.79 Å². The van der Waals surface area contributed by atoms with Gasteiger partial charge in [-0.2, -0.15) is 0 Å². The molecule has 1 aliphatic rings. The number of piperazine rings is 1. The third-order valence-electron chi connectivity index (χ3n) is 5.19. The third kappa shape index (κ3) is 5.03. The Hall–Kier alpha value is -3.81. The van der Waals surface area contributed by atoms with Crippen molar-refractivity contribution in [1.29, 1.82) is 0 Å². The lowest BCUT2D eigenvalue weighted by Crippen LogP contribution is -2.51. The highest BCUT2D eigenvalue weighted by molar-refractivity contribution is 5.96. The van der Waals surface area contributed by atoms with E-state index in [1.165, 1.54) is 18.5 Å². The van der Waals surface area contributed by atoms with Crippen molar-refractivity contribution in [2.75, 3.05) is 37.6 Å². The van der Waals surface area contributed by atoms with Crippen molar-refractivity contribution in [1.82, 2.24) is 20.2 Å². The smallest absolute Gasteiger partial charge is 0.251 e. The van der Waals surface area contributed by atoms with Crippen molar-refractivity contribution in [3.8, 4) is 11.3 Å². The molecule has 0 atom stereocenters. The van der Waals surface area contributed by atoms with E-state index in [-0.39, 0.29) is 24.2 Å². The molecule has 1 N–H and O–H groups in total. The SMILES string of the molecule is O=C(NCC(=O)N1CCN(c2cc(-c3ccc(F)cc3)ncn2)CC1)c1ccccc1. The molecule has 31 heavy (non-hydrogen) atoms. The van der Waals surface area contributed by atoms with Gasteiger partial charge in [-0.05, 0) is 36.4 Å². The van der Waals surface area contributed by atoms with Gasteiger partial charge in [-0.25, -0.2) is 14.4 Å². The predicted molar refractivity (Wildman–Crippen MR) is 115 cm³/mol. The summed E-state index contributed by atoms with van der Waals surface area (Å²) in [5, 5.41) is 2.68. The van der Waals surface area contributed by atoms with Crippen LogP contribution in [0.5, 0.6) is 0 Å². The van der Waals surface area contributed by atoms with Crippen LogP contribution in [0.2, 0.25) is 0 Å². The minimum absolute atomic E-state index is 0.0318. The van der Waals surface area contributed by atoms with Gasteiger partial charge in [0, 0.05) is 43.4 Å². The largest absolute Gasteiger partial charge is 0.353 e. The molecule has 0 saturated carbocycles. The Bertz CT molecular complexity index is 1050. The molecule has 2 amide bonds. The molecular weight excluding hydrogens is 397 g/mol. The number of halogens is 1. The highest BCUT2D eigenvalue weighted by atomic mass is 19.1. The van der Waals surface area contributed by atoms with E-state index in [9.17, 15) is 14.0 Å². The van der Waals surface area contributed by atoms with E-state index in [1.54, 1.807) is 41.3 Å². The van der Waals surface area contributed by atoms with Crippen molar-refractivity contribution < 1.29 is 14.0 Å². The lowest BCUT2D eigenvalue weighted by molar-refractivity contribution is -0.130. The Labute approximate surface area is 179 Å². The third-order valence-corrected chi connectivity index (χ3v) is 5.19. The molecular formula is C23H22FN5O2. The van der Waals surface area contributed by atoms with Crippen LogP contribution < -0.4 is 10.2 Å². The summed E-state index contributed by atoms with van der Waals surface area (Å²) in [7, 11) is 0. The second-order valence-corrected chi connectivity index (χ2v) is 7.18. The average Bonchev–Trinajstić information content (AvgIpc) is 2.83. The minimum Gasteiger partial charge on any atom is -0.353 e. The number of hydrogen-bond donors (Lipinski definition) is 1. The quantitative estimate of drug-likeness (QED) is 0.687. The summed E-state index contributed by atoms with van der Waals surface area (Å²) in [5.41, 5.74) is 2.06. The summed E-state index contributed by atoms with van der Waals surface area (Å²) in [6, 6.07) is 16.8. The first-order valence-electron chi connectivity index (χ1n) is 10.0. The van der Waals surface area contributed by atoms with Crippen molar-refractivity contribution in [2.24, 2.45) is 0 Å². The molecule has 1 aliphatic heterocycles. The number of aromatic nitrogens is 2. The Kier molecular flexibility index (Phi) is 6.16. The van der Waals surface area contributed by atoms with Gasteiger partial charge in [0.15, 0.2) is 0 Å². The van der Waals surface area contributed by atoms with E-state index in [2.05, 4.69) is 20.2 Å². The fourth-order valence-corrected chi connectivity index (χ4v) is 3.44. The highest BCUT2D eigenvalue weighted by Crippen LogP contribution is 2.22. The zero-order valence-electron chi connectivity index (χ0n) is 16.9. The molecule has 8 heteroatoms. The van der Waals surface area contributed by atoms with E-state index in [0.29, 0.717) is 37.4 Å². The van der Waals surface area contributed by atoms with Crippen LogP contribution in [0.25, 0.3) is 11.3 Å². The normalized spacial score (nSPS) is 13.7. The van der Waals surface area contributed by atoms with Crippen LogP contribution in [0.1, 0.15) is 10.4 Å². The van der Waals surface area contributed by atoms with E-state index < -0.39 is 0 Å². The van der Waals surface area contributed by atoms with Gasteiger partial charge in [-0.15, -0.1) is 0 Å². The first-order chi connectivity index (χ1) is 15.1. The minimum atomic E-state index is -0.293. The summed E-state index contributed by atoms with van der Waals surface area (Å²) in [4.78, 5) is 37.0. The molecule has 0 spiro atoms. The highest BCUT2D eigenvalue weighted by Gasteiger charge is 2.22. The molecule has 0 radical (unpaired) electrons. The first kappa shape index (κ1) is 20.5. The molecule has 1 saturated heterocycles. The Morgan fingerprint density at radius 3 is 2.35 bits per heavy atom. The van der Waals surface area contributed by atoms with Crippen LogP contribution in [0.4, 0.5) is 10.2 Å². The maximum Gasteiger partial charge on any atom is 0.251 e. The van der Waals surface area contributed by atoms with E-state index in [4.69, 9.17) is 0 Å². The maximum absolute atomic E-state index is 13.2. The number of benzene rings is 2. The van der Waals surface area contributed by atoms with Crippen LogP contribution in [-0.4, -0.2) is 59.4 Å². The number of rotatable bonds is 5. The van der Waals surface area contributed by atoms with Gasteiger partial charge in [0.25, 0.3) is 5.91 Å². The molecule has 7 nitrogen and oxygen atoms in total. The van der Waals surface area contributed by atoms with Crippen molar-refractivity contribution in [3.05, 3.63) is 78.4 Å². The molecule has 2 aromatic carbocycles. The number of amides is 2. The number of carbonyl (C=O) groups is 2. The van der Waals surface area contributed by atoms with Gasteiger partial charge in [-0.3, -0.25) is 9.59 Å². The Morgan fingerprint density at radius 2 is 1.65 bits per heavy atom. The van der Waals surface area contributed by atoms with Crippen LogP contribution in [0.15, 0.2) is 67.0 Å². The Morgan fingerprint density at radius 1 is 0.935 bits per heavy atom. The van der Waals surface area contributed by atoms with E-state index >= 15 is 0 Å². The van der Waals surface area contributed by atoms with Gasteiger partial charge < -0.3 is 15.1 Å². The van der Waals surface area contributed by atoms with Gasteiger partial charge in [0.1, 0.15) is 18.0 Å². The number of carbonyl (C=O) groups excluding carboxylic acids is 2. The maximum atomic E-state index is 13.2. The Balaban J connectivity index is 1.31. The van der Waals surface area contributed by atoms with Gasteiger partial charge in [0.05, 0.1) is 12.2 Å². The molecule has 3 aromatic rings. The first-order valence-corrected chi connectivity index (χ1v) is 10.0. The van der Waals surface area contributed by atoms with Gasteiger partial charge in [-0.1, -0.05) is 18.2 Å². The van der Waals surface area contributed by atoms with Crippen LogP contribution >= 0.6 is 0 Å². The molecule has 158 valence electrons. The number of anilines is 1. The van der Waals surface area contributed by atoms with E-state index in [1.807, 2.05) is 12.1 Å². The standard InChI is InChI=1S/C23H22FN5O2/c24-19-8-6-17(7-9-19)20-14-21(27-16-26-20)28-10-12-29(13-11-28)22(30)15-25-23(31)18-4-2-1-3-5-18/h1-9,14,16H,10-13,15H2,(H,25,31). The topological polar surface area (TPSA) is 78.4 Å². The molecule has 0 bridgehead atoms. The zero-order valence-corrected chi connectivity index (χ0v) is 16.9. The van der Waals surface area contributed by atoms with Crippen molar-refractivity contribution >= 4 is 17.6 Å². The predicted octanol–water partition coefficient (Wildman–Crippen LogP) is 2.36. The molecule has 0 unspecified atom stereocenters. The molecule has 2 heterocycles.